The summed E-state index contributed by atoms with van der Waals surface area (Å²) < 4.78 is 0. The second-order valence-electron chi connectivity index (χ2n) is 5.38. The number of para-hydroxylation sites is 1. The van der Waals surface area contributed by atoms with Crippen LogP contribution in [0.5, 0.6) is 0 Å². The number of likely N-dealkylation sites (tertiary alicyclic amines) is 1. The summed E-state index contributed by atoms with van der Waals surface area (Å²) in [7, 11) is 0. The fourth-order valence-corrected chi connectivity index (χ4v) is 2.52. The van der Waals surface area contributed by atoms with Gasteiger partial charge in [0.05, 0.1) is 17.8 Å². The number of piperidine rings is 1. The fourth-order valence-electron chi connectivity index (χ4n) is 2.52. The van der Waals surface area contributed by atoms with E-state index in [1.54, 1.807) is 4.90 Å². The molecule has 2 N–H and O–H groups in total. The van der Waals surface area contributed by atoms with Crippen LogP contribution in [0.25, 0.3) is 5.69 Å². The summed E-state index contributed by atoms with van der Waals surface area (Å²) in [4.78, 5) is 26.1. The molecule has 8 nitrogen and oxygen atoms in total. The zero-order valence-electron chi connectivity index (χ0n) is 12.4. The maximum absolute atomic E-state index is 12.2. The number of anilines is 1. The van der Waals surface area contributed by atoms with E-state index in [1.807, 2.05) is 30.3 Å². The Morgan fingerprint density at radius 1 is 1.17 bits per heavy atom. The van der Waals surface area contributed by atoms with Crippen LogP contribution in [0, 0.1) is 5.92 Å². The van der Waals surface area contributed by atoms with Crippen LogP contribution in [0.4, 0.5) is 10.6 Å². The van der Waals surface area contributed by atoms with Gasteiger partial charge in [-0.15, -0.1) is 9.90 Å². The number of nitrogens with one attached hydrogen (secondary N) is 1. The third-order valence-corrected chi connectivity index (χ3v) is 3.85. The monoisotopic (exact) mass is 315 g/mol. The van der Waals surface area contributed by atoms with Crippen molar-refractivity contribution in [2.24, 2.45) is 5.92 Å². The molecule has 0 radical (unpaired) electrons. The van der Waals surface area contributed by atoms with Crippen molar-refractivity contribution in [2.75, 3.05) is 18.4 Å². The summed E-state index contributed by atoms with van der Waals surface area (Å²) in [5.74, 6) is -0.798. The average molecular weight is 315 g/mol. The Morgan fingerprint density at radius 3 is 2.52 bits per heavy atom. The first-order valence-electron chi connectivity index (χ1n) is 7.40. The van der Waals surface area contributed by atoms with Crippen LogP contribution in [0.15, 0.2) is 36.5 Å². The van der Waals surface area contributed by atoms with E-state index < -0.39 is 5.97 Å². The SMILES string of the molecule is O=C(O)C1CCN(C(=O)Nc2cnn(-c3ccccc3)n2)CC1. The largest absolute Gasteiger partial charge is 0.481 e. The second-order valence-corrected chi connectivity index (χ2v) is 5.38. The minimum absolute atomic E-state index is 0.283. The van der Waals surface area contributed by atoms with Crippen molar-refractivity contribution in [1.82, 2.24) is 19.9 Å². The molecule has 0 spiro atoms. The predicted octanol–water partition coefficient (Wildman–Crippen LogP) is 1.60. The highest BCUT2D eigenvalue weighted by Crippen LogP contribution is 2.18. The normalized spacial score (nSPS) is 15.4. The van der Waals surface area contributed by atoms with Gasteiger partial charge >= 0.3 is 12.0 Å². The number of urea groups is 1. The summed E-state index contributed by atoms with van der Waals surface area (Å²) in [6.45, 7) is 0.852. The molecule has 23 heavy (non-hydrogen) atoms. The van der Waals surface area contributed by atoms with Gasteiger partial charge in [-0.2, -0.15) is 5.10 Å². The maximum Gasteiger partial charge on any atom is 0.323 e. The standard InChI is InChI=1S/C15H17N5O3/c21-14(22)11-6-8-19(9-7-11)15(23)17-13-10-16-20(18-13)12-4-2-1-3-5-12/h1-5,10-11H,6-9H2,(H,21,22)(H,17,18,23). The minimum atomic E-state index is -0.795. The highest BCUT2D eigenvalue weighted by molar-refractivity contribution is 5.88. The number of hydrogen-bond acceptors (Lipinski definition) is 4. The van der Waals surface area contributed by atoms with E-state index in [2.05, 4.69) is 15.5 Å². The van der Waals surface area contributed by atoms with Gasteiger partial charge in [-0.1, -0.05) is 18.2 Å². The van der Waals surface area contributed by atoms with Gasteiger partial charge in [-0.25, -0.2) is 4.79 Å². The smallest absolute Gasteiger partial charge is 0.323 e. The molecule has 0 aliphatic carbocycles. The molecular formula is C15H17N5O3. The van der Waals surface area contributed by atoms with Crippen LogP contribution in [0.1, 0.15) is 12.8 Å². The fraction of sp³-hybridized carbons (Fsp3) is 0.333. The first-order chi connectivity index (χ1) is 11.1. The number of nitrogens with zero attached hydrogens (tertiary/aromatic N) is 4. The van der Waals surface area contributed by atoms with Gasteiger partial charge in [-0.3, -0.25) is 10.1 Å². The van der Waals surface area contributed by atoms with E-state index >= 15 is 0 Å². The van der Waals surface area contributed by atoms with E-state index in [0.29, 0.717) is 31.7 Å². The van der Waals surface area contributed by atoms with E-state index in [9.17, 15) is 9.59 Å². The van der Waals surface area contributed by atoms with Crippen LogP contribution < -0.4 is 5.32 Å². The van der Waals surface area contributed by atoms with Gasteiger partial charge in [0.25, 0.3) is 0 Å². The lowest BCUT2D eigenvalue weighted by atomic mass is 9.97. The molecule has 1 saturated heterocycles. The zero-order chi connectivity index (χ0) is 16.2. The molecule has 1 aliphatic rings. The number of aliphatic carboxylic acids is 1. The molecule has 1 aromatic heterocycles. The number of aromatic nitrogens is 3. The Balaban J connectivity index is 1.59. The molecule has 8 heteroatoms. The number of carbonyl (C=O) groups excluding carboxylic acids is 1. The molecule has 1 aromatic carbocycles. The van der Waals surface area contributed by atoms with Crippen LogP contribution in [0.3, 0.4) is 0 Å². The Morgan fingerprint density at radius 2 is 1.87 bits per heavy atom. The van der Waals surface area contributed by atoms with Crippen molar-refractivity contribution < 1.29 is 14.7 Å². The van der Waals surface area contributed by atoms with Crippen molar-refractivity contribution in [3.63, 3.8) is 0 Å². The highest BCUT2D eigenvalue weighted by atomic mass is 16.4. The van der Waals surface area contributed by atoms with Gasteiger partial charge in [0.1, 0.15) is 0 Å². The summed E-state index contributed by atoms with van der Waals surface area (Å²) in [6, 6.07) is 9.10. The Hall–Kier alpha value is -2.90. The van der Waals surface area contributed by atoms with Crippen LogP contribution >= 0.6 is 0 Å². The molecule has 3 rings (SSSR count). The third-order valence-electron chi connectivity index (χ3n) is 3.85. The molecule has 120 valence electrons. The van der Waals surface area contributed by atoms with E-state index in [4.69, 9.17) is 5.11 Å². The quantitative estimate of drug-likeness (QED) is 0.896. The molecule has 2 heterocycles. The topological polar surface area (TPSA) is 100 Å². The first-order valence-corrected chi connectivity index (χ1v) is 7.40. The minimum Gasteiger partial charge on any atom is -0.481 e. The van der Waals surface area contributed by atoms with Gasteiger partial charge in [0, 0.05) is 13.1 Å². The number of hydrogen-bond donors (Lipinski definition) is 2. The van der Waals surface area contributed by atoms with Gasteiger partial charge in [0.15, 0.2) is 5.82 Å². The second kappa shape index (κ2) is 6.47. The maximum atomic E-state index is 12.2. The zero-order valence-corrected chi connectivity index (χ0v) is 12.4. The predicted molar refractivity (Wildman–Crippen MR) is 82.3 cm³/mol. The molecule has 2 aromatic rings. The first kappa shape index (κ1) is 15.0. The average Bonchev–Trinajstić information content (AvgIpc) is 3.04. The molecular weight excluding hydrogens is 298 g/mol. The van der Waals surface area contributed by atoms with Gasteiger partial charge in [-0.05, 0) is 25.0 Å². The van der Waals surface area contributed by atoms with Crippen LogP contribution in [-0.4, -0.2) is 50.1 Å². The molecule has 1 fully saturated rings. The van der Waals surface area contributed by atoms with Crippen molar-refractivity contribution >= 4 is 17.8 Å². The van der Waals surface area contributed by atoms with Crippen LogP contribution in [-0.2, 0) is 4.79 Å². The number of carboxylic acid groups (broad SMARTS) is 1. The van der Waals surface area contributed by atoms with Crippen molar-refractivity contribution in [2.45, 2.75) is 12.8 Å². The summed E-state index contributed by atoms with van der Waals surface area (Å²) in [5, 5.41) is 20.0. The molecule has 0 atom stereocenters. The van der Waals surface area contributed by atoms with Gasteiger partial charge in [0.2, 0.25) is 0 Å². The van der Waals surface area contributed by atoms with E-state index in [-0.39, 0.29) is 11.9 Å². The summed E-state index contributed by atoms with van der Waals surface area (Å²) >= 11 is 0. The third kappa shape index (κ3) is 3.47. The van der Waals surface area contributed by atoms with Gasteiger partial charge < -0.3 is 10.0 Å². The Bertz CT molecular complexity index is 692. The van der Waals surface area contributed by atoms with Crippen molar-refractivity contribution in [3.8, 4) is 5.69 Å². The number of carbonyl (C=O) groups is 2. The molecule has 0 unspecified atom stereocenters. The summed E-state index contributed by atoms with van der Waals surface area (Å²) in [6.07, 6.45) is 2.42. The molecule has 0 bridgehead atoms. The summed E-state index contributed by atoms with van der Waals surface area (Å²) in [5.41, 5.74) is 0.801. The lowest BCUT2D eigenvalue weighted by Crippen LogP contribution is -2.42. The number of rotatable bonds is 3. The number of benzene rings is 1. The van der Waals surface area contributed by atoms with Crippen molar-refractivity contribution in [1.29, 1.82) is 0 Å². The van der Waals surface area contributed by atoms with Crippen molar-refractivity contribution in [3.05, 3.63) is 36.5 Å². The number of amides is 2. The Labute approximate surface area is 132 Å². The molecule has 0 saturated carbocycles. The number of carboxylic acids is 1. The Kier molecular flexibility index (Phi) is 4.22. The highest BCUT2D eigenvalue weighted by Gasteiger charge is 2.27. The molecule has 2 amide bonds. The van der Waals surface area contributed by atoms with Crippen LogP contribution in [0.2, 0.25) is 0 Å². The van der Waals surface area contributed by atoms with E-state index in [1.165, 1.54) is 11.0 Å². The lowest BCUT2D eigenvalue weighted by Gasteiger charge is -2.29. The van der Waals surface area contributed by atoms with E-state index in [0.717, 1.165) is 5.69 Å². The lowest BCUT2D eigenvalue weighted by molar-refractivity contribution is -0.143. The molecule has 1 aliphatic heterocycles.